The van der Waals surface area contributed by atoms with Crippen molar-refractivity contribution in [2.45, 2.75) is 45.6 Å². The maximum atomic E-state index is 12.3. The predicted molar refractivity (Wildman–Crippen MR) is 81.0 cm³/mol. The molecule has 0 spiro atoms. The number of carbonyl (C=O) groups is 2. The van der Waals surface area contributed by atoms with Crippen molar-refractivity contribution in [1.82, 2.24) is 5.32 Å². The molecule has 0 bridgehead atoms. The van der Waals surface area contributed by atoms with Gasteiger partial charge < -0.3 is 10.4 Å². The van der Waals surface area contributed by atoms with Gasteiger partial charge in [0.05, 0.1) is 0 Å². The van der Waals surface area contributed by atoms with Crippen LogP contribution in [-0.2, 0) is 22.4 Å². The van der Waals surface area contributed by atoms with Gasteiger partial charge in [0, 0.05) is 5.92 Å². The van der Waals surface area contributed by atoms with Gasteiger partial charge in [-0.15, -0.1) is 0 Å². The molecule has 1 aliphatic rings. The van der Waals surface area contributed by atoms with Crippen LogP contribution in [0.2, 0.25) is 0 Å². The maximum absolute atomic E-state index is 12.3. The molecular weight excluding hydrogens is 266 g/mol. The Morgan fingerprint density at radius 3 is 2.57 bits per heavy atom. The lowest BCUT2D eigenvalue weighted by atomic mass is 9.83. The molecule has 2 N–H and O–H groups in total. The summed E-state index contributed by atoms with van der Waals surface area (Å²) in [6.45, 7) is 3.91. The Morgan fingerprint density at radius 1 is 1.29 bits per heavy atom. The van der Waals surface area contributed by atoms with Crippen molar-refractivity contribution in [3.05, 3.63) is 35.4 Å². The largest absolute Gasteiger partial charge is 0.480 e. The first-order chi connectivity index (χ1) is 9.97. The van der Waals surface area contributed by atoms with Gasteiger partial charge in [0.15, 0.2) is 0 Å². The van der Waals surface area contributed by atoms with Gasteiger partial charge in [-0.2, -0.15) is 0 Å². The van der Waals surface area contributed by atoms with Crippen LogP contribution >= 0.6 is 0 Å². The van der Waals surface area contributed by atoms with E-state index in [1.54, 1.807) is 0 Å². The van der Waals surface area contributed by atoms with Gasteiger partial charge in [0.25, 0.3) is 0 Å². The van der Waals surface area contributed by atoms with Gasteiger partial charge in [-0.25, -0.2) is 4.79 Å². The van der Waals surface area contributed by atoms with E-state index in [2.05, 4.69) is 17.4 Å². The number of hydrogen-bond donors (Lipinski definition) is 2. The lowest BCUT2D eigenvalue weighted by molar-refractivity contribution is -0.143. The van der Waals surface area contributed by atoms with Crippen LogP contribution in [0.4, 0.5) is 0 Å². The minimum Gasteiger partial charge on any atom is -0.480 e. The normalized spacial score (nSPS) is 18.9. The molecule has 0 fully saturated rings. The lowest BCUT2D eigenvalue weighted by Crippen LogP contribution is -2.45. The number of rotatable bonds is 5. The van der Waals surface area contributed by atoms with Crippen LogP contribution < -0.4 is 5.32 Å². The first-order valence-corrected chi connectivity index (χ1v) is 7.57. The summed E-state index contributed by atoms with van der Waals surface area (Å²) in [6.07, 6.45) is 2.84. The van der Waals surface area contributed by atoms with E-state index in [9.17, 15) is 14.7 Å². The second kappa shape index (κ2) is 6.74. The molecule has 0 heterocycles. The molecule has 114 valence electrons. The molecule has 0 radical (unpaired) electrons. The van der Waals surface area contributed by atoms with E-state index >= 15 is 0 Å². The molecule has 0 saturated heterocycles. The third-order valence-electron chi connectivity index (χ3n) is 4.04. The topological polar surface area (TPSA) is 66.4 Å². The first-order valence-electron chi connectivity index (χ1n) is 7.57. The van der Waals surface area contributed by atoms with Crippen LogP contribution in [0.5, 0.6) is 0 Å². The van der Waals surface area contributed by atoms with Crippen LogP contribution in [0, 0.1) is 11.8 Å². The van der Waals surface area contributed by atoms with Gasteiger partial charge in [0.2, 0.25) is 5.91 Å². The molecule has 1 unspecified atom stereocenters. The number of benzene rings is 1. The van der Waals surface area contributed by atoms with Crippen LogP contribution in [0.1, 0.15) is 37.8 Å². The summed E-state index contributed by atoms with van der Waals surface area (Å²) in [6, 6.07) is 7.37. The minimum atomic E-state index is -0.951. The van der Waals surface area contributed by atoms with Crippen molar-refractivity contribution in [3.8, 4) is 0 Å². The summed E-state index contributed by atoms with van der Waals surface area (Å²) >= 11 is 0. The van der Waals surface area contributed by atoms with Gasteiger partial charge in [-0.3, -0.25) is 4.79 Å². The third-order valence-corrected chi connectivity index (χ3v) is 4.04. The molecule has 4 heteroatoms. The van der Waals surface area contributed by atoms with Gasteiger partial charge in [-0.1, -0.05) is 38.1 Å². The number of aliphatic carboxylic acids is 1. The molecule has 0 aliphatic heterocycles. The Labute approximate surface area is 125 Å². The van der Waals surface area contributed by atoms with Crippen LogP contribution in [0.15, 0.2) is 24.3 Å². The molecule has 0 aromatic heterocycles. The standard InChI is InChI=1S/C17H23NO3/c1-11(2)9-15(17(20)21)18-16(19)14-8-7-12-5-3-4-6-13(12)10-14/h3-6,11,14-15H,7-10H2,1-2H3,(H,18,19)(H,20,21)/t14?,15-/m1/s1. The third kappa shape index (κ3) is 4.06. The SMILES string of the molecule is CC(C)C[C@@H](NC(=O)C1CCc2ccccc2C1)C(=O)O. The molecule has 1 amide bonds. The summed E-state index contributed by atoms with van der Waals surface area (Å²) in [5.41, 5.74) is 2.51. The van der Waals surface area contributed by atoms with E-state index in [0.717, 1.165) is 12.8 Å². The zero-order chi connectivity index (χ0) is 15.4. The Balaban J connectivity index is 1.99. The zero-order valence-electron chi connectivity index (χ0n) is 12.6. The monoisotopic (exact) mass is 289 g/mol. The second-order valence-electron chi connectivity index (χ2n) is 6.24. The Kier molecular flexibility index (Phi) is 4.99. The van der Waals surface area contributed by atoms with Gasteiger partial charge in [0.1, 0.15) is 6.04 Å². The summed E-state index contributed by atoms with van der Waals surface area (Å²) in [7, 11) is 0. The number of fused-ring (bicyclic) bond motifs is 1. The second-order valence-corrected chi connectivity index (χ2v) is 6.24. The first kappa shape index (κ1) is 15.5. The Morgan fingerprint density at radius 2 is 1.95 bits per heavy atom. The fraction of sp³-hybridized carbons (Fsp3) is 0.529. The van der Waals surface area contributed by atoms with Gasteiger partial charge >= 0.3 is 5.97 Å². The van der Waals surface area contributed by atoms with Crippen molar-refractivity contribution in [1.29, 1.82) is 0 Å². The highest BCUT2D eigenvalue weighted by Gasteiger charge is 2.28. The number of aryl methyl sites for hydroxylation is 1. The van der Waals surface area contributed by atoms with E-state index in [-0.39, 0.29) is 17.7 Å². The molecule has 2 atom stereocenters. The number of carboxylic acids is 1. The Hall–Kier alpha value is -1.84. The summed E-state index contributed by atoms with van der Waals surface area (Å²) in [5, 5.41) is 11.9. The molecule has 2 rings (SSSR count). The summed E-state index contributed by atoms with van der Waals surface area (Å²) in [4.78, 5) is 23.6. The van der Waals surface area contributed by atoms with Gasteiger partial charge in [-0.05, 0) is 42.7 Å². The Bertz CT molecular complexity index is 525. The average Bonchev–Trinajstić information content (AvgIpc) is 2.45. The van der Waals surface area contributed by atoms with E-state index in [1.807, 2.05) is 26.0 Å². The minimum absolute atomic E-state index is 0.117. The number of nitrogens with one attached hydrogen (secondary N) is 1. The van der Waals surface area contributed by atoms with Crippen LogP contribution in [-0.4, -0.2) is 23.0 Å². The van der Waals surface area contributed by atoms with E-state index in [4.69, 9.17) is 0 Å². The highest BCUT2D eigenvalue weighted by molar-refractivity contribution is 5.85. The lowest BCUT2D eigenvalue weighted by Gasteiger charge is -2.25. The summed E-state index contributed by atoms with van der Waals surface area (Å²) in [5.74, 6) is -0.960. The number of carboxylic acid groups (broad SMARTS) is 1. The highest BCUT2D eigenvalue weighted by atomic mass is 16.4. The molecule has 1 aromatic rings. The number of amides is 1. The van der Waals surface area contributed by atoms with Crippen molar-refractivity contribution < 1.29 is 14.7 Å². The average molecular weight is 289 g/mol. The molecule has 1 aromatic carbocycles. The summed E-state index contributed by atoms with van der Waals surface area (Å²) < 4.78 is 0. The van der Waals surface area contributed by atoms with Crippen LogP contribution in [0.3, 0.4) is 0 Å². The van der Waals surface area contributed by atoms with E-state index < -0.39 is 12.0 Å². The molecule has 4 nitrogen and oxygen atoms in total. The maximum Gasteiger partial charge on any atom is 0.326 e. The zero-order valence-corrected chi connectivity index (χ0v) is 12.6. The van der Waals surface area contributed by atoms with Crippen LogP contribution in [0.25, 0.3) is 0 Å². The highest BCUT2D eigenvalue weighted by Crippen LogP contribution is 2.25. The fourth-order valence-corrected chi connectivity index (χ4v) is 2.90. The van der Waals surface area contributed by atoms with Crippen molar-refractivity contribution >= 4 is 11.9 Å². The number of carbonyl (C=O) groups excluding carboxylic acids is 1. The van der Waals surface area contributed by atoms with Crippen molar-refractivity contribution in [2.24, 2.45) is 11.8 Å². The predicted octanol–water partition coefficient (Wildman–Crippen LogP) is 2.41. The molecule has 21 heavy (non-hydrogen) atoms. The van der Waals surface area contributed by atoms with Crippen molar-refractivity contribution in [2.75, 3.05) is 0 Å². The quantitative estimate of drug-likeness (QED) is 0.874. The molecule has 1 aliphatic carbocycles. The molecule has 0 saturated carbocycles. The van der Waals surface area contributed by atoms with E-state index in [1.165, 1.54) is 11.1 Å². The number of hydrogen-bond acceptors (Lipinski definition) is 2. The van der Waals surface area contributed by atoms with Crippen molar-refractivity contribution in [3.63, 3.8) is 0 Å². The fourth-order valence-electron chi connectivity index (χ4n) is 2.90. The van der Waals surface area contributed by atoms with E-state index in [0.29, 0.717) is 12.8 Å². The molecular formula is C17H23NO3. The smallest absolute Gasteiger partial charge is 0.326 e.